The molecule has 0 bridgehead atoms. The summed E-state index contributed by atoms with van der Waals surface area (Å²) in [5, 5.41) is 2.77. The van der Waals surface area contributed by atoms with Gasteiger partial charge in [-0.15, -0.1) is 0 Å². The van der Waals surface area contributed by atoms with Crippen molar-refractivity contribution in [3.63, 3.8) is 0 Å². The van der Waals surface area contributed by atoms with Crippen molar-refractivity contribution in [3.05, 3.63) is 53.6 Å². The minimum Gasteiger partial charge on any atom is -0.495 e. The fourth-order valence-electron chi connectivity index (χ4n) is 3.36. The third kappa shape index (κ3) is 4.05. The van der Waals surface area contributed by atoms with Crippen molar-refractivity contribution in [2.24, 2.45) is 0 Å². The van der Waals surface area contributed by atoms with Gasteiger partial charge in [0, 0.05) is 31.9 Å². The van der Waals surface area contributed by atoms with E-state index in [1.54, 1.807) is 12.0 Å². The van der Waals surface area contributed by atoms with Crippen LogP contribution in [0.3, 0.4) is 0 Å². The molecule has 6 heteroatoms. The average Bonchev–Trinajstić information content (AvgIpc) is 2.70. The molecular formula is C21H25N3O3. The number of benzene rings is 2. The second-order valence-corrected chi connectivity index (χ2v) is 6.67. The molecule has 1 fully saturated rings. The van der Waals surface area contributed by atoms with E-state index in [0.29, 0.717) is 31.9 Å². The molecule has 0 aliphatic carbocycles. The lowest BCUT2D eigenvalue weighted by atomic mass is 10.1. The first-order valence-electron chi connectivity index (χ1n) is 9.05. The largest absolute Gasteiger partial charge is 0.495 e. The third-order valence-corrected chi connectivity index (χ3v) is 4.91. The minimum absolute atomic E-state index is 0.489. The summed E-state index contributed by atoms with van der Waals surface area (Å²) in [6, 6.07) is 13.6. The van der Waals surface area contributed by atoms with Gasteiger partial charge in [-0.05, 0) is 37.1 Å². The second kappa shape index (κ2) is 8.12. The molecule has 0 spiro atoms. The second-order valence-electron chi connectivity index (χ2n) is 6.67. The molecule has 0 unspecified atom stereocenters. The first kappa shape index (κ1) is 18.8. The van der Waals surface area contributed by atoms with E-state index in [2.05, 4.69) is 10.2 Å². The van der Waals surface area contributed by atoms with Crippen LogP contribution in [-0.4, -0.2) is 50.0 Å². The maximum atomic E-state index is 12.6. The minimum atomic E-state index is -0.585. The Morgan fingerprint density at radius 1 is 0.926 bits per heavy atom. The van der Waals surface area contributed by atoms with Crippen LogP contribution in [0, 0.1) is 13.8 Å². The molecule has 3 rings (SSSR count). The fraction of sp³-hybridized carbons (Fsp3) is 0.333. The van der Waals surface area contributed by atoms with E-state index in [1.165, 1.54) is 0 Å². The van der Waals surface area contributed by atoms with Gasteiger partial charge in [0.2, 0.25) is 0 Å². The van der Waals surface area contributed by atoms with Crippen LogP contribution in [0.25, 0.3) is 0 Å². The molecule has 2 aromatic carbocycles. The van der Waals surface area contributed by atoms with Crippen LogP contribution < -0.4 is 15.0 Å². The lowest BCUT2D eigenvalue weighted by molar-refractivity contribution is -0.143. The number of nitrogens with one attached hydrogen (secondary N) is 1. The van der Waals surface area contributed by atoms with Crippen molar-refractivity contribution in [2.45, 2.75) is 13.8 Å². The summed E-state index contributed by atoms with van der Waals surface area (Å²) in [7, 11) is 1.65. The number of para-hydroxylation sites is 3. The summed E-state index contributed by atoms with van der Waals surface area (Å²) in [6.07, 6.45) is 0. The molecule has 27 heavy (non-hydrogen) atoms. The smallest absolute Gasteiger partial charge is 0.313 e. The number of hydrogen-bond donors (Lipinski definition) is 1. The Labute approximate surface area is 159 Å². The highest BCUT2D eigenvalue weighted by atomic mass is 16.5. The molecule has 1 heterocycles. The van der Waals surface area contributed by atoms with E-state index in [9.17, 15) is 9.59 Å². The predicted molar refractivity (Wildman–Crippen MR) is 106 cm³/mol. The Morgan fingerprint density at radius 2 is 1.56 bits per heavy atom. The molecule has 1 saturated heterocycles. The number of aryl methyl sites for hydroxylation is 2. The first-order chi connectivity index (χ1) is 13.0. The zero-order chi connectivity index (χ0) is 19.4. The topological polar surface area (TPSA) is 61.9 Å². The van der Waals surface area contributed by atoms with Crippen LogP contribution in [0.5, 0.6) is 5.75 Å². The van der Waals surface area contributed by atoms with Crippen LogP contribution in [0.2, 0.25) is 0 Å². The van der Waals surface area contributed by atoms with Crippen molar-refractivity contribution in [2.75, 3.05) is 43.5 Å². The van der Waals surface area contributed by atoms with Gasteiger partial charge in [0.25, 0.3) is 0 Å². The monoisotopic (exact) mass is 367 g/mol. The van der Waals surface area contributed by atoms with Gasteiger partial charge in [-0.1, -0.05) is 30.3 Å². The number of methoxy groups -OCH3 is 1. The number of amides is 2. The van der Waals surface area contributed by atoms with Gasteiger partial charge in [0.1, 0.15) is 5.75 Å². The Bertz CT molecular complexity index is 822. The SMILES string of the molecule is COc1ccccc1N1CCN(C(=O)C(=O)Nc2c(C)cccc2C)CC1. The zero-order valence-corrected chi connectivity index (χ0v) is 16.0. The summed E-state index contributed by atoms with van der Waals surface area (Å²) in [6.45, 7) is 6.14. The van der Waals surface area contributed by atoms with Crippen LogP contribution in [0.1, 0.15) is 11.1 Å². The molecule has 0 aromatic heterocycles. The number of anilines is 2. The van der Waals surface area contributed by atoms with Crippen LogP contribution >= 0.6 is 0 Å². The van der Waals surface area contributed by atoms with Crippen LogP contribution in [0.15, 0.2) is 42.5 Å². The zero-order valence-electron chi connectivity index (χ0n) is 16.0. The standard InChI is InChI=1S/C21H25N3O3/c1-15-7-6-8-16(2)19(15)22-20(25)21(26)24-13-11-23(12-14-24)17-9-4-5-10-18(17)27-3/h4-10H,11-14H2,1-3H3,(H,22,25). The number of rotatable bonds is 3. The summed E-state index contributed by atoms with van der Waals surface area (Å²) < 4.78 is 5.41. The van der Waals surface area contributed by atoms with E-state index in [0.717, 1.165) is 22.6 Å². The van der Waals surface area contributed by atoms with E-state index in [4.69, 9.17) is 4.74 Å². The summed E-state index contributed by atoms with van der Waals surface area (Å²) >= 11 is 0. The number of nitrogens with zero attached hydrogens (tertiary/aromatic N) is 2. The van der Waals surface area contributed by atoms with Crippen molar-refractivity contribution in [1.82, 2.24) is 4.90 Å². The van der Waals surface area contributed by atoms with Crippen molar-refractivity contribution < 1.29 is 14.3 Å². The summed E-state index contributed by atoms with van der Waals surface area (Å²) in [5.41, 5.74) is 3.60. The van der Waals surface area contributed by atoms with E-state index in [-0.39, 0.29) is 0 Å². The molecular weight excluding hydrogens is 342 g/mol. The molecule has 1 aliphatic rings. The number of piperazine rings is 1. The van der Waals surface area contributed by atoms with Crippen molar-refractivity contribution in [1.29, 1.82) is 0 Å². The van der Waals surface area contributed by atoms with Gasteiger partial charge in [-0.2, -0.15) is 0 Å². The third-order valence-electron chi connectivity index (χ3n) is 4.91. The number of ether oxygens (including phenoxy) is 1. The van der Waals surface area contributed by atoms with Gasteiger partial charge in [-0.25, -0.2) is 0 Å². The van der Waals surface area contributed by atoms with E-state index >= 15 is 0 Å². The van der Waals surface area contributed by atoms with Gasteiger partial charge in [-0.3, -0.25) is 9.59 Å². The molecule has 1 N–H and O–H groups in total. The summed E-state index contributed by atoms with van der Waals surface area (Å²) in [4.78, 5) is 28.8. The van der Waals surface area contributed by atoms with Crippen LogP contribution in [-0.2, 0) is 9.59 Å². The van der Waals surface area contributed by atoms with Gasteiger partial charge >= 0.3 is 11.8 Å². The predicted octanol–water partition coefficient (Wildman–Crippen LogP) is 2.60. The maximum Gasteiger partial charge on any atom is 0.313 e. The average molecular weight is 367 g/mol. The number of hydrogen-bond acceptors (Lipinski definition) is 4. The molecule has 6 nitrogen and oxygen atoms in total. The normalized spacial score (nSPS) is 14.0. The van der Waals surface area contributed by atoms with E-state index < -0.39 is 11.8 Å². The highest BCUT2D eigenvalue weighted by Gasteiger charge is 2.27. The Morgan fingerprint density at radius 3 is 2.19 bits per heavy atom. The summed E-state index contributed by atoms with van der Waals surface area (Å²) in [5.74, 6) is -0.263. The Hall–Kier alpha value is -3.02. The van der Waals surface area contributed by atoms with Gasteiger partial charge in [0.05, 0.1) is 12.8 Å². The fourth-order valence-corrected chi connectivity index (χ4v) is 3.36. The van der Waals surface area contributed by atoms with E-state index in [1.807, 2.05) is 56.3 Å². The number of carbonyl (C=O) groups excluding carboxylic acids is 2. The first-order valence-corrected chi connectivity index (χ1v) is 9.05. The van der Waals surface area contributed by atoms with Crippen molar-refractivity contribution in [3.8, 4) is 5.75 Å². The molecule has 0 radical (unpaired) electrons. The quantitative estimate of drug-likeness (QED) is 0.847. The molecule has 0 atom stereocenters. The molecule has 0 saturated carbocycles. The highest BCUT2D eigenvalue weighted by molar-refractivity contribution is 6.39. The van der Waals surface area contributed by atoms with Gasteiger partial charge < -0.3 is 19.9 Å². The van der Waals surface area contributed by atoms with Crippen LogP contribution in [0.4, 0.5) is 11.4 Å². The number of carbonyl (C=O) groups is 2. The Balaban J connectivity index is 1.62. The molecule has 1 aliphatic heterocycles. The molecule has 2 aromatic rings. The lowest BCUT2D eigenvalue weighted by Gasteiger charge is -2.36. The lowest BCUT2D eigenvalue weighted by Crippen LogP contribution is -2.51. The molecule has 2 amide bonds. The van der Waals surface area contributed by atoms with Gasteiger partial charge in [0.15, 0.2) is 0 Å². The van der Waals surface area contributed by atoms with Crippen molar-refractivity contribution >= 4 is 23.2 Å². The maximum absolute atomic E-state index is 12.6. The Kier molecular flexibility index (Phi) is 5.64. The molecule has 142 valence electrons. The highest BCUT2D eigenvalue weighted by Crippen LogP contribution is 2.28.